The van der Waals surface area contributed by atoms with Gasteiger partial charge < -0.3 is 16.0 Å². The number of aliphatic imine (C=N–C) groups is 1. The molecular weight excluding hydrogens is 387 g/mol. The van der Waals surface area contributed by atoms with Crippen LogP contribution in [-0.4, -0.2) is 25.0 Å². The summed E-state index contributed by atoms with van der Waals surface area (Å²) in [7, 11) is 4.12. The fourth-order valence-corrected chi connectivity index (χ4v) is 2.08. The van der Waals surface area contributed by atoms with Crippen LogP contribution >= 0.6 is 24.0 Å². The zero-order valence-electron chi connectivity index (χ0n) is 13.0. The van der Waals surface area contributed by atoms with Crippen LogP contribution in [-0.2, 0) is 13.1 Å². The minimum Gasteiger partial charge on any atom is -0.370 e. The zero-order valence-corrected chi connectivity index (χ0v) is 15.3. The van der Waals surface area contributed by atoms with Crippen molar-refractivity contribution < 1.29 is 0 Å². The van der Waals surface area contributed by atoms with Crippen LogP contribution in [0.3, 0.4) is 0 Å². The van der Waals surface area contributed by atoms with E-state index in [2.05, 4.69) is 53.6 Å². The SMILES string of the molecule is CN(C)Cc1cccc(CN=C(N)Nc2ccccc2)c1.I. The molecule has 0 saturated carbocycles. The first-order valence-corrected chi connectivity index (χ1v) is 6.98. The second-order valence-corrected chi connectivity index (χ2v) is 5.25. The van der Waals surface area contributed by atoms with Crippen molar-refractivity contribution in [3.63, 3.8) is 0 Å². The highest BCUT2D eigenvalue weighted by Crippen LogP contribution is 2.09. The third-order valence-electron chi connectivity index (χ3n) is 2.97. The lowest BCUT2D eigenvalue weighted by molar-refractivity contribution is 0.402. The Hall–Kier alpha value is -1.60. The molecule has 0 aliphatic heterocycles. The van der Waals surface area contributed by atoms with E-state index in [1.165, 1.54) is 5.56 Å². The van der Waals surface area contributed by atoms with Crippen molar-refractivity contribution in [1.82, 2.24) is 4.90 Å². The summed E-state index contributed by atoms with van der Waals surface area (Å²) in [5.74, 6) is 0.430. The number of para-hydroxylation sites is 1. The molecule has 5 heteroatoms. The predicted molar refractivity (Wildman–Crippen MR) is 105 cm³/mol. The molecule has 0 atom stereocenters. The Morgan fingerprint density at radius 1 is 1.05 bits per heavy atom. The second kappa shape index (κ2) is 9.42. The molecule has 0 saturated heterocycles. The second-order valence-electron chi connectivity index (χ2n) is 5.25. The minimum atomic E-state index is 0. The molecule has 2 aromatic rings. The largest absolute Gasteiger partial charge is 0.370 e. The van der Waals surface area contributed by atoms with Gasteiger partial charge in [0.2, 0.25) is 0 Å². The molecule has 0 aliphatic rings. The number of guanidine groups is 1. The number of hydrogen-bond donors (Lipinski definition) is 2. The van der Waals surface area contributed by atoms with Crippen LogP contribution in [0.25, 0.3) is 0 Å². The number of nitrogens with two attached hydrogens (primary N) is 1. The fraction of sp³-hybridized carbons (Fsp3) is 0.235. The summed E-state index contributed by atoms with van der Waals surface area (Å²) in [6, 6.07) is 18.2. The summed E-state index contributed by atoms with van der Waals surface area (Å²) in [6.45, 7) is 1.50. The quantitative estimate of drug-likeness (QED) is 0.452. The first-order chi connectivity index (χ1) is 10.1. The van der Waals surface area contributed by atoms with Gasteiger partial charge in [-0.3, -0.25) is 0 Å². The van der Waals surface area contributed by atoms with Crippen molar-refractivity contribution >= 4 is 35.6 Å². The lowest BCUT2D eigenvalue weighted by Crippen LogP contribution is -2.22. The molecule has 22 heavy (non-hydrogen) atoms. The van der Waals surface area contributed by atoms with E-state index in [-0.39, 0.29) is 24.0 Å². The van der Waals surface area contributed by atoms with Crippen molar-refractivity contribution in [1.29, 1.82) is 0 Å². The number of nitrogens with zero attached hydrogens (tertiary/aromatic N) is 2. The Kier molecular flexibility index (Phi) is 7.90. The first kappa shape index (κ1) is 18.4. The maximum absolute atomic E-state index is 5.90. The van der Waals surface area contributed by atoms with E-state index in [1.807, 2.05) is 30.3 Å². The van der Waals surface area contributed by atoms with Crippen molar-refractivity contribution in [3.8, 4) is 0 Å². The van der Waals surface area contributed by atoms with Gasteiger partial charge in [0.05, 0.1) is 6.54 Å². The Labute approximate surface area is 149 Å². The normalized spacial score (nSPS) is 11.1. The molecular formula is C17H23IN4. The molecule has 2 rings (SSSR count). The van der Waals surface area contributed by atoms with Gasteiger partial charge in [0.15, 0.2) is 5.96 Å². The number of halogens is 1. The van der Waals surface area contributed by atoms with Crippen LogP contribution in [0.5, 0.6) is 0 Å². The van der Waals surface area contributed by atoms with Gasteiger partial charge in [-0.25, -0.2) is 4.99 Å². The van der Waals surface area contributed by atoms with Gasteiger partial charge in [-0.2, -0.15) is 0 Å². The van der Waals surface area contributed by atoms with Crippen molar-refractivity contribution in [2.24, 2.45) is 10.7 Å². The van der Waals surface area contributed by atoms with Gasteiger partial charge in [-0.15, -0.1) is 24.0 Å². The topological polar surface area (TPSA) is 53.6 Å². The number of rotatable bonds is 5. The van der Waals surface area contributed by atoms with Crippen LogP contribution < -0.4 is 11.1 Å². The molecule has 0 radical (unpaired) electrons. The van der Waals surface area contributed by atoms with Crippen LogP contribution in [0.15, 0.2) is 59.6 Å². The van der Waals surface area contributed by atoms with Crippen molar-refractivity contribution in [3.05, 3.63) is 65.7 Å². The third kappa shape index (κ3) is 6.44. The molecule has 0 spiro atoms. The van der Waals surface area contributed by atoms with Crippen LogP contribution in [0, 0.1) is 0 Å². The molecule has 4 nitrogen and oxygen atoms in total. The minimum absolute atomic E-state index is 0. The molecule has 0 aromatic heterocycles. The van der Waals surface area contributed by atoms with E-state index in [4.69, 9.17) is 5.73 Å². The zero-order chi connectivity index (χ0) is 15.1. The third-order valence-corrected chi connectivity index (χ3v) is 2.97. The number of hydrogen-bond acceptors (Lipinski definition) is 2. The number of nitrogens with one attached hydrogen (secondary N) is 1. The van der Waals surface area contributed by atoms with Crippen LogP contribution in [0.2, 0.25) is 0 Å². The average Bonchev–Trinajstić information content (AvgIpc) is 2.46. The van der Waals surface area contributed by atoms with E-state index >= 15 is 0 Å². The highest BCUT2D eigenvalue weighted by molar-refractivity contribution is 14.0. The Bertz CT molecular complexity index is 597. The van der Waals surface area contributed by atoms with Gasteiger partial charge in [-0.1, -0.05) is 42.5 Å². The molecule has 0 bridgehead atoms. The Morgan fingerprint density at radius 2 is 1.73 bits per heavy atom. The summed E-state index contributed by atoms with van der Waals surface area (Å²) >= 11 is 0. The van der Waals surface area contributed by atoms with Gasteiger partial charge in [0.1, 0.15) is 0 Å². The van der Waals surface area contributed by atoms with E-state index < -0.39 is 0 Å². The number of anilines is 1. The van der Waals surface area contributed by atoms with Crippen molar-refractivity contribution in [2.45, 2.75) is 13.1 Å². The predicted octanol–water partition coefficient (Wildman–Crippen LogP) is 3.29. The Balaban J connectivity index is 0.00000242. The lowest BCUT2D eigenvalue weighted by Gasteiger charge is -2.10. The number of benzene rings is 2. The molecule has 0 amide bonds. The lowest BCUT2D eigenvalue weighted by atomic mass is 10.1. The highest BCUT2D eigenvalue weighted by Gasteiger charge is 1.98. The van der Waals surface area contributed by atoms with E-state index in [1.54, 1.807) is 0 Å². The fourth-order valence-electron chi connectivity index (χ4n) is 2.08. The van der Waals surface area contributed by atoms with Gasteiger partial charge in [0, 0.05) is 12.2 Å². The molecule has 0 unspecified atom stereocenters. The van der Waals surface area contributed by atoms with Crippen LogP contribution in [0.4, 0.5) is 5.69 Å². The van der Waals surface area contributed by atoms with Crippen LogP contribution in [0.1, 0.15) is 11.1 Å². The Morgan fingerprint density at radius 3 is 2.41 bits per heavy atom. The first-order valence-electron chi connectivity index (χ1n) is 6.98. The summed E-state index contributed by atoms with van der Waals surface area (Å²) in [4.78, 5) is 6.53. The highest BCUT2D eigenvalue weighted by atomic mass is 127. The summed E-state index contributed by atoms with van der Waals surface area (Å²) in [5, 5.41) is 3.08. The summed E-state index contributed by atoms with van der Waals surface area (Å²) in [5.41, 5.74) is 9.29. The molecule has 0 aliphatic carbocycles. The molecule has 2 aromatic carbocycles. The van der Waals surface area contributed by atoms with Gasteiger partial charge >= 0.3 is 0 Å². The maximum Gasteiger partial charge on any atom is 0.193 e. The van der Waals surface area contributed by atoms with Gasteiger partial charge in [-0.05, 0) is 37.4 Å². The molecule has 3 N–H and O–H groups in total. The molecule has 0 fully saturated rings. The van der Waals surface area contributed by atoms with E-state index in [9.17, 15) is 0 Å². The molecule has 0 heterocycles. The monoisotopic (exact) mass is 410 g/mol. The maximum atomic E-state index is 5.90. The smallest absolute Gasteiger partial charge is 0.193 e. The standard InChI is InChI=1S/C17H22N4.HI/c1-21(2)13-15-8-6-7-14(11-15)12-19-17(18)20-16-9-4-3-5-10-16;/h3-11H,12-13H2,1-2H3,(H3,18,19,20);1H. The summed E-state index contributed by atoms with van der Waals surface area (Å²) in [6.07, 6.45) is 0. The average molecular weight is 410 g/mol. The van der Waals surface area contributed by atoms with Crippen molar-refractivity contribution in [2.75, 3.05) is 19.4 Å². The van der Waals surface area contributed by atoms with E-state index in [0.29, 0.717) is 12.5 Å². The summed E-state index contributed by atoms with van der Waals surface area (Å²) < 4.78 is 0. The molecule has 118 valence electrons. The van der Waals surface area contributed by atoms with E-state index in [0.717, 1.165) is 17.8 Å². The van der Waals surface area contributed by atoms with Gasteiger partial charge in [0.25, 0.3) is 0 Å².